The molecule has 3 atom stereocenters. The largest absolute Gasteiger partial charge is 0.444 e. The first kappa shape index (κ1) is 33.9. The highest BCUT2D eigenvalue weighted by Crippen LogP contribution is 2.28. The van der Waals surface area contributed by atoms with Crippen LogP contribution in [0.3, 0.4) is 0 Å². The first-order chi connectivity index (χ1) is 19.3. The van der Waals surface area contributed by atoms with E-state index in [0.29, 0.717) is 12.5 Å². The van der Waals surface area contributed by atoms with Crippen molar-refractivity contribution in [2.45, 2.75) is 111 Å². The lowest BCUT2D eigenvalue weighted by atomic mass is 9.95. The number of carbonyl (C=O) groups excluding carboxylic acids is 3. The van der Waals surface area contributed by atoms with Gasteiger partial charge < -0.3 is 20.3 Å². The third-order valence-corrected chi connectivity index (χ3v) is 6.88. The number of ether oxygens (including phenoxy) is 1. The van der Waals surface area contributed by atoms with Crippen LogP contribution in [0.4, 0.5) is 4.79 Å². The van der Waals surface area contributed by atoms with Crippen LogP contribution in [0.1, 0.15) is 96.9 Å². The minimum absolute atomic E-state index is 0.218. The van der Waals surface area contributed by atoms with Crippen LogP contribution in [0.25, 0.3) is 0 Å². The minimum Gasteiger partial charge on any atom is -0.444 e. The van der Waals surface area contributed by atoms with Gasteiger partial charge in [-0.05, 0) is 70.9 Å². The van der Waals surface area contributed by atoms with Crippen molar-refractivity contribution in [2.75, 3.05) is 6.54 Å². The predicted molar refractivity (Wildman–Crippen MR) is 166 cm³/mol. The fraction of sp³-hybridized carbons (Fsp3) is 0.559. The molecule has 2 N–H and O–H groups in total. The highest BCUT2D eigenvalue weighted by Gasteiger charge is 2.39. The first-order valence-corrected chi connectivity index (χ1v) is 15.0. The van der Waals surface area contributed by atoms with Gasteiger partial charge in [0.1, 0.15) is 17.7 Å². The summed E-state index contributed by atoms with van der Waals surface area (Å²) in [5.74, 6) is -0.0946. The molecule has 0 radical (unpaired) electrons. The molecule has 0 aliphatic carbocycles. The predicted octanol–water partition coefficient (Wildman–Crippen LogP) is 6.74. The van der Waals surface area contributed by atoms with E-state index < -0.39 is 23.8 Å². The molecule has 226 valence electrons. The molecule has 0 heterocycles. The number of nitrogens with zero attached hydrogens (tertiary/aromatic N) is 1. The van der Waals surface area contributed by atoms with Gasteiger partial charge in [-0.15, -0.1) is 0 Å². The summed E-state index contributed by atoms with van der Waals surface area (Å²) in [5.41, 5.74) is 1.93. The van der Waals surface area contributed by atoms with Crippen LogP contribution in [0, 0.1) is 12.8 Å². The maximum Gasteiger partial charge on any atom is 0.408 e. The van der Waals surface area contributed by atoms with E-state index in [0.717, 1.165) is 42.4 Å². The van der Waals surface area contributed by atoms with Gasteiger partial charge in [0.2, 0.25) is 11.8 Å². The zero-order valence-electron chi connectivity index (χ0n) is 26.3. The summed E-state index contributed by atoms with van der Waals surface area (Å²) in [5, 5.41) is 5.92. The van der Waals surface area contributed by atoms with Crippen molar-refractivity contribution in [3.63, 3.8) is 0 Å². The van der Waals surface area contributed by atoms with E-state index in [9.17, 15) is 14.4 Å². The van der Waals surface area contributed by atoms with Crippen LogP contribution in [0.15, 0.2) is 54.6 Å². The zero-order chi connectivity index (χ0) is 30.6. The third kappa shape index (κ3) is 11.6. The smallest absolute Gasteiger partial charge is 0.408 e. The number of unbranched alkanes of at least 4 members (excludes halogenated alkanes) is 1. The molecule has 2 rings (SSSR count). The topological polar surface area (TPSA) is 87.7 Å². The second-order valence-electron chi connectivity index (χ2n) is 12.4. The Labute approximate surface area is 247 Å². The van der Waals surface area contributed by atoms with Gasteiger partial charge in [-0.1, -0.05) is 87.4 Å². The highest BCUT2D eigenvalue weighted by atomic mass is 16.6. The molecule has 0 saturated heterocycles. The van der Waals surface area contributed by atoms with E-state index in [1.165, 1.54) is 0 Å². The lowest BCUT2D eigenvalue weighted by molar-refractivity contribution is -0.145. The summed E-state index contributed by atoms with van der Waals surface area (Å²) in [6, 6.07) is 15.3. The standard InChI is InChI=1S/C34H51N3O4/c1-9-10-21-35-31(38)30(28-18-14-15-25(4)22-28)37(26(5)20-19-24(2)3)32(39)29(23-27-16-12-11-13-17-27)36-33(40)41-34(6,7)8/h11-18,22,24,26,29-30H,9-10,19-21,23H2,1-8H3,(H,35,38)(H,36,40). The summed E-state index contributed by atoms with van der Waals surface area (Å²) < 4.78 is 5.55. The van der Waals surface area contributed by atoms with Crippen LogP contribution in [0.5, 0.6) is 0 Å². The molecular weight excluding hydrogens is 514 g/mol. The van der Waals surface area contributed by atoms with Gasteiger partial charge in [-0.3, -0.25) is 9.59 Å². The molecule has 41 heavy (non-hydrogen) atoms. The summed E-state index contributed by atoms with van der Waals surface area (Å²) in [6.45, 7) is 16.2. The maximum atomic E-state index is 14.6. The minimum atomic E-state index is -0.926. The average molecular weight is 566 g/mol. The molecule has 2 aromatic carbocycles. The number of carbonyl (C=O) groups is 3. The molecule has 0 aliphatic rings. The van der Waals surface area contributed by atoms with Crippen LogP contribution < -0.4 is 10.6 Å². The Kier molecular flexibility index (Phi) is 13.4. The molecule has 0 aromatic heterocycles. The first-order valence-electron chi connectivity index (χ1n) is 15.0. The van der Waals surface area contributed by atoms with Gasteiger partial charge in [0.25, 0.3) is 0 Å². The molecule has 3 amide bonds. The highest BCUT2D eigenvalue weighted by molar-refractivity contribution is 5.92. The second kappa shape index (κ2) is 16.2. The Bertz CT molecular complexity index is 1110. The van der Waals surface area contributed by atoms with Crippen LogP contribution in [0.2, 0.25) is 0 Å². The van der Waals surface area contributed by atoms with Crippen molar-refractivity contribution in [1.82, 2.24) is 15.5 Å². The van der Waals surface area contributed by atoms with E-state index in [-0.39, 0.29) is 24.3 Å². The zero-order valence-corrected chi connectivity index (χ0v) is 26.3. The van der Waals surface area contributed by atoms with E-state index >= 15 is 0 Å². The number of rotatable bonds is 14. The van der Waals surface area contributed by atoms with Crippen LogP contribution in [-0.2, 0) is 20.7 Å². The van der Waals surface area contributed by atoms with Gasteiger partial charge in [-0.2, -0.15) is 0 Å². The van der Waals surface area contributed by atoms with E-state index in [1.54, 1.807) is 25.7 Å². The second-order valence-corrected chi connectivity index (χ2v) is 12.4. The molecule has 3 unspecified atom stereocenters. The fourth-order valence-electron chi connectivity index (χ4n) is 4.76. The SMILES string of the molecule is CCCCNC(=O)C(c1cccc(C)c1)N(C(=O)C(Cc1ccccc1)NC(=O)OC(C)(C)C)C(C)CCC(C)C. The number of hydrogen-bond donors (Lipinski definition) is 2. The van der Waals surface area contributed by atoms with Crippen molar-refractivity contribution < 1.29 is 19.1 Å². The number of benzene rings is 2. The van der Waals surface area contributed by atoms with Crippen molar-refractivity contribution in [3.05, 3.63) is 71.3 Å². The quantitative estimate of drug-likeness (QED) is 0.248. The molecular formula is C34H51N3O4. The number of hydrogen-bond acceptors (Lipinski definition) is 4. The molecule has 0 spiro atoms. The Balaban J connectivity index is 2.61. The van der Waals surface area contributed by atoms with E-state index in [1.807, 2.05) is 68.4 Å². The van der Waals surface area contributed by atoms with Crippen molar-refractivity contribution in [2.24, 2.45) is 5.92 Å². The number of alkyl carbamates (subject to hydrolysis) is 1. The molecule has 0 fully saturated rings. The Morgan fingerprint density at radius 2 is 1.63 bits per heavy atom. The van der Waals surface area contributed by atoms with Crippen molar-refractivity contribution in [3.8, 4) is 0 Å². The van der Waals surface area contributed by atoms with E-state index in [2.05, 4.69) is 31.4 Å². The van der Waals surface area contributed by atoms with Gasteiger partial charge in [0.05, 0.1) is 0 Å². The number of amides is 3. The molecule has 2 aromatic rings. The van der Waals surface area contributed by atoms with Gasteiger partial charge in [-0.25, -0.2) is 4.79 Å². The van der Waals surface area contributed by atoms with Crippen molar-refractivity contribution in [1.29, 1.82) is 0 Å². The molecule has 0 bridgehead atoms. The number of nitrogens with one attached hydrogen (secondary N) is 2. The van der Waals surface area contributed by atoms with E-state index in [4.69, 9.17) is 4.74 Å². The summed E-state index contributed by atoms with van der Waals surface area (Å²) in [4.78, 5) is 43.2. The monoisotopic (exact) mass is 565 g/mol. The van der Waals surface area contributed by atoms with Gasteiger partial charge in [0, 0.05) is 19.0 Å². The normalized spacial score (nSPS) is 13.7. The van der Waals surface area contributed by atoms with Gasteiger partial charge in [0.15, 0.2) is 0 Å². The Morgan fingerprint density at radius 1 is 0.951 bits per heavy atom. The molecule has 0 saturated carbocycles. The Hall–Kier alpha value is -3.35. The molecule has 7 heteroatoms. The van der Waals surface area contributed by atoms with Crippen LogP contribution >= 0.6 is 0 Å². The average Bonchev–Trinajstić information content (AvgIpc) is 2.89. The summed E-state index contributed by atoms with van der Waals surface area (Å²) in [6.07, 6.45) is 3.01. The summed E-state index contributed by atoms with van der Waals surface area (Å²) >= 11 is 0. The lowest BCUT2D eigenvalue weighted by Gasteiger charge is -2.39. The maximum absolute atomic E-state index is 14.6. The summed E-state index contributed by atoms with van der Waals surface area (Å²) in [7, 11) is 0. The van der Waals surface area contributed by atoms with Crippen LogP contribution in [-0.4, -0.2) is 47.0 Å². The molecule has 7 nitrogen and oxygen atoms in total. The fourth-order valence-corrected chi connectivity index (χ4v) is 4.76. The van der Waals surface area contributed by atoms with Crippen molar-refractivity contribution >= 4 is 17.9 Å². The third-order valence-electron chi connectivity index (χ3n) is 6.88. The lowest BCUT2D eigenvalue weighted by Crippen LogP contribution is -2.56. The van der Waals surface area contributed by atoms with Gasteiger partial charge >= 0.3 is 6.09 Å². The number of aryl methyl sites for hydroxylation is 1. The molecule has 0 aliphatic heterocycles. The Morgan fingerprint density at radius 3 is 2.22 bits per heavy atom.